The number of hydrogen-bond donors (Lipinski definition) is 1. The smallest absolute Gasteiger partial charge is 0.177 e. The highest BCUT2D eigenvalue weighted by Gasteiger charge is 2.16. The average molecular weight is 231 g/mol. The molecule has 0 saturated carbocycles. The van der Waals surface area contributed by atoms with E-state index >= 15 is 0 Å². The lowest BCUT2D eigenvalue weighted by molar-refractivity contribution is 0.455. The lowest BCUT2D eigenvalue weighted by Gasteiger charge is -2.11. The molecule has 5 heteroatoms. The molecule has 90 valence electrons. The molecule has 1 unspecified atom stereocenters. The zero-order valence-electron chi connectivity index (χ0n) is 9.84. The van der Waals surface area contributed by atoms with E-state index in [-0.39, 0.29) is 0 Å². The minimum Gasteiger partial charge on any atom is -0.317 e. The van der Waals surface area contributed by atoms with E-state index in [4.69, 9.17) is 0 Å². The Morgan fingerprint density at radius 1 is 1.29 bits per heavy atom. The Kier molecular flexibility index (Phi) is 3.00. The van der Waals surface area contributed by atoms with Gasteiger partial charge in [0.05, 0.1) is 0 Å². The van der Waals surface area contributed by atoms with Crippen LogP contribution in [-0.4, -0.2) is 32.9 Å². The van der Waals surface area contributed by atoms with Gasteiger partial charge in [-0.1, -0.05) is 0 Å². The van der Waals surface area contributed by atoms with E-state index in [2.05, 4.69) is 20.6 Å². The summed E-state index contributed by atoms with van der Waals surface area (Å²) in [4.78, 5) is 0. The molecule has 0 spiro atoms. The van der Waals surface area contributed by atoms with Crippen LogP contribution < -0.4 is 5.32 Å². The summed E-state index contributed by atoms with van der Waals surface area (Å²) in [6.07, 6.45) is 6.53. The predicted octanol–water partition coefficient (Wildman–Crippen LogP) is 1.06. The van der Waals surface area contributed by atoms with Crippen molar-refractivity contribution in [3.05, 3.63) is 24.2 Å². The van der Waals surface area contributed by atoms with Crippen molar-refractivity contribution >= 4 is 5.65 Å². The summed E-state index contributed by atoms with van der Waals surface area (Å²) < 4.78 is 1.86. The normalized spacial score (nSPS) is 21.5. The first-order valence-corrected chi connectivity index (χ1v) is 6.29. The van der Waals surface area contributed by atoms with Crippen molar-refractivity contribution in [3.8, 4) is 0 Å². The maximum absolute atomic E-state index is 4.31. The first-order valence-electron chi connectivity index (χ1n) is 6.29. The third-order valence-electron chi connectivity index (χ3n) is 3.41. The van der Waals surface area contributed by atoms with E-state index in [1.54, 1.807) is 6.20 Å². The van der Waals surface area contributed by atoms with Crippen LogP contribution in [0.5, 0.6) is 0 Å². The van der Waals surface area contributed by atoms with Crippen molar-refractivity contribution in [3.63, 3.8) is 0 Å². The number of hydrogen-bond acceptors (Lipinski definition) is 4. The number of aromatic nitrogens is 4. The molecule has 2 aromatic heterocycles. The van der Waals surface area contributed by atoms with E-state index in [9.17, 15) is 0 Å². The second kappa shape index (κ2) is 4.79. The van der Waals surface area contributed by atoms with E-state index < -0.39 is 0 Å². The molecule has 17 heavy (non-hydrogen) atoms. The van der Waals surface area contributed by atoms with Gasteiger partial charge in [-0.2, -0.15) is 9.61 Å². The lowest BCUT2D eigenvalue weighted by Crippen LogP contribution is -2.15. The van der Waals surface area contributed by atoms with Crippen molar-refractivity contribution in [2.24, 2.45) is 5.92 Å². The molecule has 1 aliphatic rings. The van der Waals surface area contributed by atoms with Gasteiger partial charge in [0.25, 0.3) is 0 Å². The van der Waals surface area contributed by atoms with Gasteiger partial charge in [0.2, 0.25) is 0 Å². The van der Waals surface area contributed by atoms with Gasteiger partial charge in [0.15, 0.2) is 11.5 Å². The highest BCUT2D eigenvalue weighted by molar-refractivity contribution is 5.34. The van der Waals surface area contributed by atoms with Crippen molar-refractivity contribution in [2.45, 2.75) is 25.7 Å². The molecule has 1 saturated heterocycles. The van der Waals surface area contributed by atoms with Gasteiger partial charge in [-0.25, -0.2) is 0 Å². The van der Waals surface area contributed by atoms with E-state index in [1.807, 2.05) is 16.6 Å². The molecule has 3 heterocycles. The lowest BCUT2D eigenvalue weighted by atomic mass is 9.97. The largest absolute Gasteiger partial charge is 0.317 e. The molecule has 1 aliphatic heterocycles. The zero-order chi connectivity index (χ0) is 11.5. The van der Waals surface area contributed by atoms with Gasteiger partial charge in [-0.05, 0) is 50.4 Å². The minimum absolute atomic E-state index is 0.708. The Morgan fingerprint density at radius 3 is 3.29 bits per heavy atom. The Labute approximate surface area is 100 Å². The molecule has 0 bridgehead atoms. The quantitative estimate of drug-likeness (QED) is 0.839. The minimum atomic E-state index is 0.708. The van der Waals surface area contributed by atoms with Crippen LogP contribution in [0.3, 0.4) is 0 Å². The highest BCUT2D eigenvalue weighted by Crippen LogP contribution is 2.18. The Balaban J connectivity index is 1.79. The Morgan fingerprint density at radius 2 is 2.29 bits per heavy atom. The summed E-state index contributed by atoms with van der Waals surface area (Å²) in [6.45, 7) is 2.27. The molecule has 1 atom stereocenters. The Bertz CT molecular complexity index is 484. The number of rotatable bonds is 2. The van der Waals surface area contributed by atoms with Gasteiger partial charge in [-0.3, -0.25) is 0 Å². The molecule has 0 aromatic carbocycles. The fourth-order valence-corrected chi connectivity index (χ4v) is 2.47. The van der Waals surface area contributed by atoms with E-state index in [1.165, 1.54) is 19.3 Å². The van der Waals surface area contributed by atoms with Crippen LogP contribution in [0.1, 0.15) is 25.1 Å². The van der Waals surface area contributed by atoms with Gasteiger partial charge >= 0.3 is 0 Å². The maximum atomic E-state index is 4.31. The van der Waals surface area contributed by atoms with Crippen molar-refractivity contribution in [1.29, 1.82) is 0 Å². The van der Waals surface area contributed by atoms with Crippen LogP contribution in [0.2, 0.25) is 0 Å². The van der Waals surface area contributed by atoms with Gasteiger partial charge in [0.1, 0.15) is 0 Å². The molecule has 0 amide bonds. The van der Waals surface area contributed by atoms with Gasteiger partial charge in [-0.15, -0.1) is 10.2 Å². The van der Waals surface area contributed by atoms with Gasteiger partial charge in [0, 0.05) is 12.6 Å². The molecule has 3 rings (SSSR count). The summed E-state index contributed by atoms with van der Waals surface area (Å²) in [5.41, 5.74) is 0.842. The molecular formula is C12H17N5. The molecule has 2 aromatic rings. The van der Waals surface area contributed by atoms with Crippen molar-refractivity contribution in [1.82, 2.24) is 25.1 Å². The first-order chi connectivity index (χ1) is 8.43. The zero-order valence-corrected chi connectivity index (χ0v) is 9.84. The molecule has 5 nitrogen and oxygen atoms in total. The van der Waals surface area contributed by atoms with Crippen molar-refractivity contribution < 1.29 is 0 Å². The highest BCUT2D eigenvalue weighted by atomic mass is 15.4. The molecule has 1 fully saturated rings. The fourth-order valence-electron chi connectivity index (χ4n) is 2.47. The second-order valence-electron chi connectivity index (χ2n) is 4.66. The van der Waals surface area contributed by atoms with Crippen LogP contribution >= 0.6 is 0 Å². The van der Waals surface area contributed by atoms with Crippen LogP contribution in [0.25, 0.3) is 5.65 Å². The third kappa shape index (κ3) is 2.29. The van der Waals surface area contributed by atoms with Gasteiger partial charge < -0.3 is 5.32 Å². The summed E-state index contributed by atoms with van der Waals surface area (Å²) >= 11 is 0. The topological polar surface area (TPSA) is 55.1 Å². The van der Waals surface area contributed by atoms with Crippen LogP contribution in [0.15, 0.2) is 18.3 Å². The third-order valence-corrected chi connectivity index (χ3v) is 3.41. The number of fused-ring (bicyclic) bond motifs is 1. The SMILES string of the molecule is c1cnn2c(CC3CCCNCC3)nnc2c1. The Hall–Kier alpha value is -1.49. The fraction of sp³-hybridized carbons (Fsp3) is 0.583. The molecule has 0 aliphatic carbocycles. The molecule has 0 radical (unpaired) electrons. The predicted molar refractivity (Wildman–Crippen MR) is 64.7 cm³/mol. The standard InChI is InChI=1S/C12H17N5/c1-3-10(5-8-13-6-1)9-12-16-15-11-4-2-7-14-17(11)12/h2,4,7,10,13H,1,3,5-6,8-9H2. The summed E-state index contributed by atoms with van der Waals surface area (Å²) in [7, 11) is 0. The summed E-state index contributed by atoms with van der Waals surface area (Å²) in [5, 5.41) is 16.1. The number of nitrogens with one attached hydrogen (secondary N) is 1. The van der Waals surface area contributed by atoms with Crippen LogP contribution in [0.4, 0.5) is 0 Å². The summed E-state index contributed by atoms with van der Waals surface area (Å²) in [5.74, 6) is 1.70. The monoisotopic (exact) mass is 231 g/mol. The van der Waals surface area contributed by atoms with Crippen LogP contribution in [-0.2, 0) is 6.42 Å². The maximum Gasteiger partial charge on any atom is 0.177 e. The summed E-state index contributed by atoms with van der Waals surface area (Å²) in [6, 6.07) is 3.83. The van der Waals surface area contributed by atoms with Crippen LogP contribution in [0, 0.1) is 5.92 Å². The van der Waals surface area contributed by atoms with E-state index in [0.29, 0.717) is 5.92 Å². The second-order valence-corrected chi connectivity index (χ2v) is 4.66. The number of nitrogens with zero attached hydrogens (tertiary/aromatic N) is 4. The average Bonchev–Trinajstić information content (AvgIpc) is 2.59. The van der Waals surface area contributed by atoms with Crippen molar-refractivity contribution in [2.75, 3.05) is 13.1 Å². The molecule has 1 N–H and O–H groups in total. The van der Waals surface area contributed by atoms with E-state index in [0.717, 1.165) is 31.0 Å². The molecular weight excluding hydrogens is 214 g/mol. The first kappa shape index (κ1) is 10.7.